The molecule has 0 aromatic heterocycles. The molecule has 5 N–H and O–H groups in total. The Bertz CT molecular complexity index is 577. The summed E-state index contributed by atoms with van der Waals surface area (Å²) in [6.07, 6.45) is -4.89. The van der Waals surface area contributed by atoms with E-state index in [1.807, 2.05) is 0 Å². The zero-order valence-electron chi connectivity index (χ0n) is 14.3. The van der Waals surface area contributed by atoms with Crippen LogP contribution >= 0.6 is 0 Å². The first-order valence-corrected chi connectivity index (χ1v) is 8.10. The monoisotopic (exact) mass is 355 g/mol. The lowest BCUT2D eigenvalue weighted by Crippen LogP contribution is -2.65. The lowest BCUT2D eigenvalue weighted by atomic mass is 9.93. The first-order valence-electron chi connectivity index (χ1n) is 8.10. The first-order chi connectivity index (χ1) is 11.8. The molecule has 0 saturated carbocycles. The van der Waals surface area contributed by atoms with Gasteiger partial charge < -0.3 is 35.2 Å². The predicted octanol–water partition coefficient (Wildman–Crippen LogP) is -1.20. The van der Waals surface area contributed by atoms with Gasteiger partial charge in [0.25, 0.3) is 5.91 Å². The fourth-order valence-corrected chi connectivity index (χ4v) is 2.76. The van der Waals surface area contributed by atoms with Gasteiger partial charge in [-0.25, -0.2) is 0 Å². The van der Waals surface area contributed by atoms with E-state index < -0.39 is 36.8 Å². The van der Waals surface area contributed by atoms with Crippen LogP contribution in [0.1, 0.15) is 22.8 Å². The minimum absolute atomic E-state index is 0.170. The lowest BCUT2D eigenvalue weighted by Gasteiger charge is -2.46. The van der Waals surface area contributed by atoms with E-state index in [1.54, 1.807) is 31.3 Å². The number of rotatable bonds is 6. The van der Waals surface area contributed by atoms with Crippen molar-refractivity contribution in [3.8, 4) is 0 Å². The second-order valence-corrected chi connectivity index (χ2v) is 6.16. The Morgan fingerprint density at radius 1 is 1.24 bits per heavy atom. The van der Waals surface area contributed by atoms with Gasteiger partial charge in [0, 0.05) is 12.6 Å². The number of hydrogen-bond donors (Lipinski definition) is 5. The Balaban J connectivity index is 1.94. The van der Waals surface area contributed by atoms with E-state index in [0.29, 0.717) is 12.0 Å². The third-order valence-corrected chi connectivity index (χ3v) is 4.38. The van der Waals surface area contributed by atoms with E-state index in [-0.39, 0.29) is 12.5 Å². The summed E-state index contributed by atoms with van der Waals surface area (Å²) in [5, 5.41) is 41.5. The van der Waals surface area contributed by atoms with E-state index in [9.17, 15) is 25.2 Å². The third kappa shape index (κ3) is 4.35. The minimum Gasteiger partial charge on any atom is -0.394 e. The molecule has 0 spiro atoms. The zero-order valence-corrected chi connectivity index (χ0v) is 14.3. The summed E-state index contributed by atoms with van der Waals surface area (Å²) in [6, 6.07) is 6.99. The number of amides is 1. The SMILES string of the molecule is CNC(=O)c1ccc(CCOC2(C)OC(CO)C(O)C(O)C2O)cc1. The van der Waals surface area contributed by atoms with E-state index in [4.69, 9.17) is 9.47 Å². The molecule has 8 heteroatoms. The number of nitrogens with one attached hydrogen (secondary N) is 1. The number of aliphatic hydroxyl groups is 4. The summed E-state index contributed by atoms with van der Waals surface area (Å²) in [5.74, 6) is -1.72. The van der Waals surface area contributed by atoms with E-state index in [1.165, 1.54) is 6.92 Å². The summed E-state index contributed by atoms with van der Waals surface area (Å²) in [7, 11) is 1.56. The van der Waals surface area contributed by atoms with Crippen LogP contribution < -0.4 is 5.32 Å². The summed E-state index contributed by atoms with van der Waals surface area (Å²) >= 11 is 0. The topological polar surface area (TPSA) is 128 Å². The molecule has 0 aliphatic carbocycles. The highest BCUT2D eigenvalue weighted by atomic mass is 16.7. The van der Waals surface area contributed by atoms with E-state index in [0.717, 1.165) is 5.56 Å². The van der Waals surface area contributed by atoms with Gasteiger partial charge in [-0.1, -0.05) is 12.1 Å². The predicted molar refractivity (Wildman–Crippen MR) is 87.9 cm³/mol. The molecule has 1 aliphatic heterocycles. The van der Waals surface area contributed by atoms with E-state index in [2.05, 4.69) is 5.32 Å². The molecule has 0 bridgehead atoms. The van der Waals surface area contributed by atoms with Gasteiger partial charge in [-0.05, 0) is 31.0 Å². The maximum Gasteiger partial charge on any atom is 0.251 e. The highest BCUT2D eigenvalue weighted by Crippen LogP contribution is 2.31. The van der Waals surface area contributed by atoms with Gasteiger partial charge in [-0.15, -0.1) is 0 Å². The van der Waals surface area contributed by atoms with Crippen LogP contribution in [0.25, 0.3) is 0 Å². The van der Waals surface area contributed by atoms with Crippen LogP contribution in [0, 0.1) is 0 Å². The van der Waals surface area contributed by atoms with Gasteiger partial charge >= 0.3 is 0 Å². The minimum atomic E-state index is -1.55. The fourth-order valence-electron chi connectivity index (χ4n) is 2.76. The molecule has 1 aliphatic rings. The van der Waals surface area contributed by atoms with Crippen LogP contribution in [0.15, 0.2) is 24.3 Å². The van der Waals surface area contributed by atoms with Crippen molar-refractivity contribution in [1.82, 2.24) is 5.32 Å². The number of carbonyl (C=O) groups is 1. The molecule has 5 unspecified atom stereocenters. The summed E-state index contributed by atoms with van der Waals surface area (Å²) in [4.78, 5) is 11.5. The Labute approximate surface area is 146 Å². The van der Waals surface area contributed by atoms with Crippen molar-refractivity contribution >= 4 is 5.91 Å². The van der Waals surface area contributed by atoms with Gasteiger partial charge in [-0.2, -0.15) is 0 Å². The van der Waals surface area contributed by atoms with Gasteiger partial charge in [0.2, 0.25) is 0 Å². The van der Waals surface area contributed by atoms with Crippen molar-refractivity contribution in [3.05, 3.63) is 35.4 Å². The molecule has 140 valence electrons. The van der Waals surface area contributed by atoms with Crippen LogP contribution in [0.5, 0.6) is 0 Å². The molecular formula is C17H25NO7. The molecule has 1 saturated heterocycles. The van der Waals surface area contributed by atoms with Crippen molar-refractivity contribution in [2.45, 2.75) is 43.5 Å². The number of carbonyl (C=O) groups excluding carboxylic acids is 1. The second-order valence-electron chi connectivity index (χ2n) is 6.16. The van der Waals surface area contributed by atoms with Crippen LogP contribution in [0.3, 0.4) is 0 Å². The van der Waals surface area contributed by atoms with Crippen molar-refractivity contribution < 1.29 is 34.7 Å². The average Bonchev–Trinajstić information content (AvgIpc) is 2.63. The molecule has 25 heavy (non-hydrogen) atoms. The van der Waals surface area contributed by atoms with Crippen molar-refractivity contribution in [3.63, 3.8) is 0 Å². The maximum absolute atomic E-state index is 11.5. The van der Waals surface area contributed by atoms with Crippen molar-refractivity contribution in [2.24, 2.45) is 0 Å². The number of ether oxygens (including phenoxy) is 2. The molecule has 1 fully saturated rings. The van der Waals surface area contributed by atoms with Crippen LogP contribution in [0.4, 0.5) is 0 Å². The molecule has 0 radical (unpaired) electrons. The highest BCUT2D eigenvalue weighted by Gasteiger charge is 2.51. The molecule has 1 aromatic carbocycles. The summed E-state index contributed by atoms with van der Waals surface area (Å²) in [6.45, 7) is 1.11. The van der Waals surface area contributed by atoms with Gasteiger partial charge in [-0.3, -0.25) is 4.79 Å². The molecule has 8 nitrogen and oxygen atoms in total. The summed E-state index contributed by atoms with van der Waals surface area (Å²) in [5.41, 5.74) is 1.47. The summed E-state index contributed by atoms with van der Waals surface area (Å²) < 4.78 is 11.0. The van der Waals surface area contributed by atoms with Crippen molar-refractivity contribution in [2.75, 3.05) is 20.3 Å². The first kappa shape index (κ1) is 19.8. The van der Waals surface area contributed by atoms with E-state index >= 15 is 0 Å². The van der Waals surface area contributed by atoms with Gasteiger partial charge in [0.15, 0.2) is 5.79 Å². The van der Waals surface area contributed by atoms with Crippen LogP contribution in [0.2, 0.25) is 0 Å². The van der Waals surface area contributed by atoms with Crippen LogP contribution in [-0.2, 0) is 15.9 Å². The average molecular weight is 355 g/mol. The molecule has 1 amide bonds. The zero-order chi connectivity index (χ0) is 18.6. The molecular weight excluding hydrogens is 330 g/mol. The van der Waals surface area contributed by atoms with Gasteiger partial charge in [0.05, 0.1) is 13.2 Å². The standard InChI is InChI=1S/C17H25NO7/c1-17(15(22)14(21)13(20)12(9-19)25-17)24-8-7-10-3-5-11(6-4-10)16(23)18-2/h3-6,12-15,19-22H,7-9H2,1-2H3,(H,18,23). The Morgan fingerprint density at radius 3 is 2.44 bits per heavy atom. The Kier molecular flexibility index (Phi) is 6.50. The number of aliphatic hydroxyl groups excluding tert-OH is 4. The normalized spacial score (nSPS) is 32.4. The smallest absolute Gasteiger partial charge is 0.251 e. The number of benzene rings is 1. The molecule has 2 rings (SSSR count). The van der Waals surface area contributed by atoms with Crippen LogP contribution in [-0.4, -0.2) is 76.8 Å². The molecule has 1 aromatic rings. The Morgan fingerprint density at radius 2 is 1.88 bits per heavy atom. The number of hydrogen-bond acceptors (Lipinski definition) is 7. The largest absolute Gasteiger partial charge is 0.394 e. The van der Waals surface area contributed by atoms with Crippen molar-refractivity contribution in [1.29, 1.82) is 0 Å². The van der Waals surface area contributed by atoms with Gasteiger partial charge in [0.1, 0.15) is 24.4 Å². The second kappa shape index (κ2) is 8.22. The highest BCUT2D eigenvalue weighted by molar-refractivity contribution is 5.93. The lowest BCUT2D eigenvalue weighted by molar-refractivity contribution is -0.356. The Hall–Kier alpha value is -1.55. The maximum atomic E-state index is 11.5. The fraction of sp³-hybridized carbons (Fsp3) is 0.588. The third-order valence-electron chi connectivity index (χ3n) is 4.38. The molecule has 1 heterocycles. The molecule has 5 atom stereocenters. The quantitative estimate of drug-likeness (QED) is 0.433.